The zero-order valence-electron chi connectivity index (χ0n) is 3.97. The number of carbonyl (C=O) groups excluding carboxylic acids is 1. The van der Waals surface area contributed by atoms with Crippen molar-refractivity contribution < 1.29 is 49.2 Å². The van der Waals surface area contributed by atoms with E-state index in [1.807, 2.05) is 6.79 Å². The molecule has 0 atom stereocenters. The predicted octanol–water partition coefficient (Wildman–Crippen LogP) is -4.31. The van der Waals surface area contributed by atoms with Crippen molar-refractivity contribution in [2.75, 3.05) is 0 Å². The van der Waals surface area contributed by atoms with Crippen LogP contribution in [0.5, 0.6) is 0 Å². The fourth-order valence-electron chi connectivity index (χ4n) is 0. The maximum atomic E-state index is 8.00. The molecule has 0 aromatic heterocycles. The number of rotatable bonds is 0. The summed E-state index contributed by atoms with van der Waals surface area (Å²) in [5.74, 6) is 0. The summed E-state index contributed by atoms with van der Waals surface area (Å²) in [6, 6.07) is 0. The van der Waals surface area contributed by atoms with Crippen LogP contribution < -0.4 is 0 Å². The Balaban J connectivity index is -0.000000000333. The van der Waals surface area contributed by atoms with Gasteiger partial charge in [0.1, 0.15) is 6.79 Å². The van der Waals surface area contributed by atoms with Crippen molar-refractivity contribution in [1.82, 2.24) is 0 Å². The maximum absolute atomic E-state index is 8.00. The van der Waals surface area contributed by atoms with E-state index in [0.717, 1.165) is 0 Å². The summed E-state index contributed by atoms with van der Waals surface area (Å²) in [7, 11) is 0. The molecule has 0 heterocycles. The van der Waals surface area contributed by atoms with Gasteiger partial charge in [0.05, 0.1) is 0 Å². The van der Waals surface area contributed by atoms with Gasteiger partial charge < -0.3 is 32.2 Å². The molecule has 0 aromatic carbocycles. The van der Waals surface area contributed by atoms with Gasteiger partial charge in [-0.15, -0.1) is 0 Å². The first-order valence-corrected chi connectivity index (χ1v) is 0.289. The second-order valence-electron chi connectivity index (χ2n) is 0. The van der Waals surface area contributed by atoms with E-state index < -0.39 is 0 Å². The molecule has 10 N–H and O–H groups in total. The summed E-state index contributed by atoms with van der Waals surface area (Å²) in [5, 5.41) is 0. The Morgan fingerprint density at radius 3 is 0.625 bits per heavy atom. The monoisotopic (exact) mass is 176 g/mol. The fraction of sp³-hybridized carbons (Fsp3) is 0. The van der Waals surface area contributed by atoms with Gasteiger partial charge in [-0.1, -0.05) is 0 Å². The molecule has 8 heavy (non-hydrogen) atoms. The third-order valence-electron chi connectivity index (χ3n) is 0. The van der Waals surface area contributed by atoms with Crippen LogP contribution in [-0.2, 0) is 21.9 Å². The van der Waals surface area contributed by atoms with Crippen molar-refractivity contribution in [3.05, 3.63) is 0 Å². The summed E-state index contributed by atoms with van der Waals surface area (Å²) >= 11 is 0. The molecule has 0 aliphatic carbocycles. The summed E-state index contributed by atoms with van der Waals surface area (Å²) in [5.41, 5.74) is 0. The molecule has 0 radical (unpaired) electrons. The maximum Gasteiger partial charge on any atom is 0.106 e. The van der Waals surface area contributed by atoms with Crippen LogP contribution in [0.4, 0.5) is 0 Å². The van der Waals surface area contributed by atoms with Gasteiger partial charge in [-0.05, 0) is 0 Å². The quantitative estimate of drug-likeness (QED) is 0.333. The first kappa shape index (κ1) is 399. The van der Waals surface area contributed by atoms with Crippen LogP contribution in [0, 0.1) is 0 Å². The van der Waals surface area contributed by atoms with Crippen LogP contribution >= 0.6 is 0 Å². The molecule has 0 saturated heterocycles. The van der Waals surface area contributed by atoms with Gasteiger partial charge in [0.25, 0.3) is 0 Å². The third kappa shape index (κ3) is 1350000. The van der Waals surface area contributed by atoms with E-state index >= 15 is 0 Å². The SMILES string of the molecule is C=O.O.O.O.O.O.[Fe]. The Morgan fingerprint density at radius 1 is 0.625 bits per heavy atom. The largest absolute Gasteiger partial charge is 0.412 e. The average Bonchev–Trinajstić information content (AvgIpc) is 1.00. The normalized spacial score (nSPS) is 0.500. The Kier molecular flexibility index (Phi) is 113000000. The summed E-state index contributed by atoms with van der Waals surface area (Å²) in [6.07, 6.45) is 0. The first-order chi connectivity index (χ1) is 1.00. The molecule has 0 unspecified atom stereocenters. The van der Waals surface area contributed by atoms with E-state index in [4.69, 9.17) is 4.79 Å². The minimum Gasteiger partial charge on any atom is -0.412 e. The molecule has 7 heteroatoms. The van der Waals surface area contributed by atoms with E-state index in [9.17, 15) is 0 Å². The molecule has 0 aliphatic rings. The van der Waals surface area contributed by atoms with Gasteiger partial charge in [0.2, 0.25) is 0 Å². The first-order valence-electron chi connectivity index (χ1n) is 0.289. The average molecular weight is 176 g/mol. The van der Waals surface area contributed by atoms with Gasteiger partial charge in [-0.3, -0.25) is 0 Å². The molecule has 0 spiro atoms. The zero-order chi connectivity index (χ0) is 2.00. The third-order valence-corrected chi connectivity index (χ3v) is 0. The predicted molar refractivity (Wildman–Crippen MR) is 25.2 cm³/mol. The topological polar surface area (TPSA) is 175 Å². The van der Waals surface area contributed by atoms with Crippen molar-refractivity contribution in [2.24, 2.45) is 0 Å². The van der Waals surface area contributed by atoms with Gasteiger partial charge in [-0.2, -0.15) is 0 Å². The van der Waals surface area contributed by atoms with Gasteiger partial charge in [0.15, 0.2) is 0 Å². The van der Waals surface area contributed by atoms with Crippen LogP contribution in [0.25, 0.3) is 0 Å². The summed E-state index contributed by atoms with van der Waals surface area (Å²) in [4.78, 5) is 8.00. The van der Waals surface area contributed by atoms with Crippen LogP contribution in [0.3, 0.4) is 0 Å². The van der Waals surface area contributed by atoms with Crippen LogP contribution in [-0.4, -0.2) is 34.2 Å². The Morgan fingerprint density at radius 2 is 0.625 bits per heavy atom. The van der Waals surface area contributed by atoms with Crippen molar-refractivity contribution in [3.63, 3.8) is 0 Å². The Labute approximate surface area is 56.9 Å². The molecule has 0 bridgehead atoms. The van der Waals surface area contributed by atoms with Gasteiger partial charge in [-0.25, -0.2) is 0 Å². The smallest absolute Gasteiger partial charge is 0.106 e. The molecule has 0 amide bonds. The molecule has 6 nitrogen and oxygen atoms in total. The fourth-order valence-corrected chi connectivity index (χ4v) is 0. The van der Waals surface area contributed by atoms with Crippen molar-refractivity contribution in [2.45, 2.75) is 0 Å². The van der Waals surface area contributed by atoms with Crippen molar-refractivity contribution in [1.29, 1.82) is 0 Å². The van der Waals surface area contributed by atoms with Crippen molar-refractivity contribution in [3.8, 4) is 0 Å². The number of hydrogen-bond acceptors (Lipinski definition) is 1. The van der Waals surface area contributed by atoms with E-state index in [-0.39, 0.29) is 44.4 Å². The molecule has 0 aliphatic heterocycles. The van der Waals surface area contributed by atoms with E-state index in [0.29, 0.717) is 0 Å². The van der Waals surface area contributed by atoms with Crippen molar-refractivity contribution >= 4 is 6.79 Å². The van der Waals surface area contributed by atoms with Crippen LogP contribution in [0.2, 0.25) is 0 Å². The van der Waals surface area contributed by atoms with E-state index in [1.54, 1.807) is 0 Å². The van der Waals surface area contributed by atoms with E-state index in [1.165, 1.54) is 0 Å². The van der Waals surface area contributed by atoms with E-state index in [2.05, 4.69) is 0 Å². The van der Waals surface area contributed by atoms with Crippen LogP contribution in [0.15, 0.2) is 0 Å². The minimum absolute atomic E-state index is 0. The zero-order valence-corrected chi connectivity index (χ0v) is 5.07. The molecule has 0 saturated carbocycles. The van der Waals surface area contributed by atoms with Gasteiger partial charge in [0, 0.05) is 17.1 Å². The second-order valence-corrected chi connectivity index (χ2v) is 0. The molecular weight excluding hydrogens is 164 g/mol. The standard InChI is InChI=1S/CH2O.Fe.5H2O/c1-2;;;;;;/h1H2;;5*1H2. The number of carbonyl (C=O) groups is 1. The Bertz CT molecular complexity index is 8.49. The van der Waals surface area contributed by atoms with Gasteiger partial charge >= 0.3 is 0 Å². The molecule has 0 fully saturated rings. The molecule has 60 valence electrons. The number of hydrogen-bond donors (Lipinski definition) is 0. The summed E-state index contributed by atoms with van der Waals surface area (Å²) < 4.78 is 0. The molecule has 0 rings (SSSR count). The molecule has 0 aromatic rings. The summed E-state index contributed by atoms with van der Waals surface area (Å²) in [6.45, 7) is 2.00. The second kappa shape index (κ2) is 2270000. The molecular formula is CH12FeO6. The van der Waals surface area contributed by atoms with Crippen LogP contribution in [0.1, 0.15) is 0 Å². The Hall–Kier alpha value is -0.0105. The minimum atomic E-state index is 0.